The molecule has 2 aromatic carbocycles. The minimum atomic E-state index is -0.538. The van der Waals surface area contributed by atoms with Gasteiger partial charge in [0.15, 0.2) is 6.10 Å². The van der Waals surface area contributed by atoms with E-state index in [-0.39, 0.29) is 11.8 Å². The van der Waals surface area contributed by atoms with E-state index in [0.717, 1.165) is 19.6 Å². The molecule has 2 amide bonds. The van der Waals surface area contributed by atoms with Crippen LogP contribution >= 0.6 is 0 Å². The molecule has 1 N–H and O–H groups in total. The number of anilines is 2. The van der Waals surface area contributed by atoms with Crippen LogP contribution in [0.2, 0.25) is 0 Å². The highest BCUT2D eigenvalue weighted by molar-refractivity contribution is 6.06. The van der Waals surface area contributed by atoms with Crippen LogP contribution in [0.15, 0.2) is 36.4 Å². The Hall–Kier alpha value is -3.26. The number of piperidine rings is 1. The number of nitrogens with zero attached hydrogens (tertiary/aromatic N) is 2. The smallest absolute Gasteiger partial charge is 0.267 e. The maximum absolute atomic E-state index is 12.9. The van der Waals surface area contributed by atoms with Crippen molar-refractivity contribution in [3.63, 3.8) is 0 Å². The summed E-state index contributed by atoms with van der Waals surface area (Å²) in [6.45, 7) is 5.31. The van der Waals surface area contributed by atoms with Gasteiger partial charge in [-0.15, -0.1) is 0 Å². The first-order valence-corrected chi connectivity index (χ1v) is 11.4. The molecule has 8 nitrogen and oxygen atoms in total. The average Bonchev–Trinajstić information content (AvgIpc) is 2.84. The molecule has 1 unspecified atom stereocenters. The summed E-state index contributed by atoms with van der Waals surface area (Å²) < 4.78 is 16.3. The second-order valence-electron chi connectivity index (χ2n) is 8.39. The molecule has 0 saturated carbocycles. The normalized spacial score (nSPS) is 18.3. The lowest BCUT2D eigenvalue weighted by Gasteiger charge is -2.35. The molecule has 2 aliphatic rings. The molecule has 1 atom stereocenters. The molecule has 4 rings (SSSR count). The Morgan fingerprint density at radius 3 is 2.39 bits per heavy atom. The number of likely N-dealkylation sites (tertiary alicyclic amines) is 1. The average molecular weight is 454 g/mol. The summed E-state index contributed by atoms with van der Waals surface area (Å²) in [5.41, 5.74) is 1.66. The van der Waals surface area contributed by atoms with E-state index in [1.165, 1.54) is 33.5 Å². The van der Waals surface area contributed by atoms with Crippen molar-refractivity contribution in [3.8, 4) is 17.2 Å². The third-order valence-electron chi connectivity index (χ3n) is 6.13. The van der Waals surface area contributed by atoms with Gasteiger partial charge in [0.2, 0.25) is 0 Å². The zero-order chi connectivity index (χ0) is 23.4. The number of methoxy groups -OCH3 is 2. The summed E-state index contributed by atoms with van der Waals surface area (Å²) in [6, 6.07) is 10.4. The molecular formula is C25H31N3O5. The summed E-state index contributed by atoms with van der Waals surface area (Å²) >= 11 is 0. The molecular weight excluding hydrogens is 422 g/mol. The summed E-state index contributed by atoms with van der Waals surface area (Å²) in [4.78, 5) is 30.0. The zero-order valence-corrected chi connectivity index (χ0v) is 19.4. The molecule has 2 aliphatic heterocycles. The molecule has 0 aromatic heterocycles. The van der Waals surface area contributed by atoms with Crippen molar-refractivity contribution < 1.29 is 23.8 Å². The lowest BCUT2D eigenvalue weighted by atomic mass is 10.1. The number of amides is 2. The number of hydrogen-bond donors (Lipinski definition) is 1. The van der Waals surface area contributed by atoms with Gasteiger partial charge >= 0.3 is 0 Å². The molecule has 0 bridgehead atoms. The molecule has 1 fully saturated rings. The largest absolute Gasteiger partial charge is 0.497 e. The second kappa shape index (κ2) is 10.1. The fourth-order valence-corrected chi connectivity index (χ4v) is 4.28. The van der Waals surface area contributed by atoms with Crippen LogP contribution < -0.4 is 24.4 Å². The number of benzene rings is 2. The summed E-state index contributed by atoms with van der Waals surface area (Å²) in [5.74, 6) is 1.33. The number of hydrogen-bond acceptors (Lipinski definition) is 6. The number of carbonyl (C=O) groups is 2. The van der Waals surface area contributed by atoms with Gasteiger partial charge in [0.05, 0.1) is 19.9 Å². The first-order valence-electron chi connectivity index (χ1n) is 11.4. The lowest BCUT2D eigenvalue weighted by molar-refractivity contribution is -0.125. The summed E-state index contributed by atoms with van der Waals surface area (Å²) in [5, 5.41) is 2.91. The van der Waals surface area contributed by atoms with E-state index in [0.29, 0.717) is 40.7 Å². The van der Waals surface area contributed by atoms with Crippen LogP contribution in [-0.2, 0) is 4.79 Å². The number of fused-ring (bicyclic) bond motifs is 1. The Morgan fingerprint density at radius 2 is 1.73 bits per heavy atom. The predicted octanol–water partition coefficient (Wildman–Crippen LogP) is 3.56. The quantitative estimate of drug-likeness (QED) is 0.691. The van der Waals surface area contributed by atoms with Gasteiger partial charge in [0.1, 0.15) is 17.2 Å². The van der Waals surface area contributed by atoms with Crippen molar-refractivity contribution in [2.24, 2.45) is 0 Å². The maximum Gasteiger partial charge on any atom is 0.267 e. The topological polar surface area (TPSA) is 80.3 Å². The summed E-state index contributed by atoms with van der Waals surface area (Å²) in [7, 11) is 3.08. The molecule has 0 radical (unpaired) electrons. The van der Waals surface area contributed by atoms with Crippen LogP contribution in [0.1, 0.15) is 36.5 Å². The highest BCUT2D eigenvalue weighted by atomic mass is 16.5. The molecule has 2 heterocycles. The van der Waals surface area contributed by atoms with Gasteiger partial charge in [-0.25, -0.2) is 0 Å². The molecule has 0 aliphatic carbocycles. The number of nitrogens with one attached hydrogen (secondary N) is 1. The fraction of sp³-hybridized carbons (Fsp3) is 0.440. The zero-order valence-electron chi connectivity index (χ0n) is 19.4. The SMILES string of the molecule is COc1cc(OC)cc(C(=O)Nc2ccc3c(c2)N(CCN2CCCCC2)C(=O)C(C)O3)c1. The molecule has 0 spiro atoms. The van der Waals surface area contributed by atoms with Gasteiger partial charge in [-0.1, -0.05) is 6.42 Å². The van der Waals surface area contributed by atoms with E-state index in [1.807, 2.05) is 0 Å². The van der Waals surface area contributed by atoms with Gasteiger partial charge in [-0.05, 0) is 63.2 Å². The maximum atomic E-state index is 12.9. The Morgan fingerprint density at radius 1 is 1.03 bits per heavy atom. The van der Waals surface area contributed by atoms with E-state index >= 15 is 0 Å². The number of carbonyl (C=O) groups excluding carboxylic acids is 2. The van der Waals surface area contributed by atoms with Crippen molar-refractivity contribution in [1.29, 1.82) is 0 Å². The van der Waals surface area contributed by atoms with Crippen molar-refractivity contribution in [2.75, 3.05) is 50.6 Å². The van der Waals surface area contributed by atoms with Gasteiger partial charge in [0.25, 0.3) is 11.8 Å². The highest BCUT2D eigenvalue weighted by Gasteiger charge is 2.32. The van der Waals surface area contributed by atoms with E-state index in [1.54, 1.807) is 48.2 Å². The van der Waals surface area contributed by atoms with Crippen molar-refractivity contribution in [3.05, 3.63) is 42.0 Å². The van der Waals surface area contributed by atoms with Crippen LogP contribution in [-0.4, -0.2) is 63.2 Å². The van der Waals surface area contributed by atoms with Crippen molar-refractivity contribution in [1.82, 2.24) is 4.90 Å². The van der Waals surface area contributed by atoms with Crippen LogP contribution in [0.5, 0.6) is 17.2 Å². The Labute approximate surface area is 194 Å². The third kappa shape index (κ3) is 5.22. The summed E-state index contributed by atoms with van der Waals surface area (Å²) in [6.07, 6.45) is 3.14. The van der Waals surface area contributed by atoms with Crippen molar-refractivity contribution in [2.45, 2.75) is 32.3 Å². The molecule has 8 heteroatoms. The molecule has 1 saturated heterocycles. The van der Waals surface area contributed by atoms with Crippen LogP contribution in [0, 0.1) is 0 Å². The van der Waals surface area contributed by atoms with Gasteiger partial charge in [0, 0.05) is 30.4 Å². The van der Waals surface area contributed by atoms with Crippen LogP contribution in [0.3, 0.4) is 0 Å². The van der Waals surface area contributed by atoms with Gasteiger partial charge in [-0.2, -0.15) is 0 Å². The molecule has 33 heavy (non-hydrogen) atoms. The number of ether oxygens (including phenoxy) is 3. The number of rotatable bonds is 7. The lowest BCUT2D eigenvalue weighted by Crippen LogP contribution is -2.48. The predicted molar refractivity (Wildman–Crippen MR) is 127 cm³/mol. The molecule has 2 aromatic rings. The van der Waals surface area contributed by atoms with Crippen LogP contribution in [0.4, 0.5) is 11.4 Å². The second-order valence-corrected chi connectivity index (χ2v) is 8.39. The monoisotopic (exact) mass is 453 g/mol. The van der Waals surface area contributed by atoms with E-state index in [2.05, 4.69) is 10.2 Å². The van der Waals surface area contributed by atoms with Gasteiger partial charge in [-0.3, -0.25) is 9.59 Å². The standard InChI is InChI=1S/C25H31N3O5/c1-17-25(30)28(12-11-27-9-5-4-6-10-27)22-15-19(7-8-23(22)33-17)26-24(29)18-13-20(31-2)16-21(14-18)32-3/h7-8,13-17H,4-6,9-12H2,1-3H3,(H,26,29). The van der Waals surface area contributed by atoms with Crippen molar-refractivity contribution >= 4 is 23.2 Å². The minimum absolute atomic E-state index is 0.0690. The van der Waals surface area contributed by atoms with E-state index in [9.17, 15) is 9.59 Å². The van der Waals surface area contributed by atoms with Crippen LogP contribution in [0.25, 0.3) is 0 Å². The minimum Gasteiger partial charge on any atom is -0.497 e. The third-order valence-corrected chi connectivity index (χ3v) is 6.13. The van der Waals surface area contributed by atoms with E-state index in [4.69, 9.17) is 14.2 Å². The Bertz CT molecular complexity index is 997. The Kier molecular flexibility index (Phi) is 7.03. The highest BCUT2D eigenvalue weighted by Crippen LogP contribution is 2.36. The Balaban J connectivity index is 1.54. The first kappa shape index (κ1) is 22.9. The van der Waals surface area contributed by atoms with E-state index < -0.39 is 6.10 Å². The fourth-order valence-electron chi connectivity index (χ4n) is 4.28. The molecule has 176 valence electrons. The van der Waals surface area contributed by atoms with Gasteiger partial charge < -0.3 is 29.3 Å². The first-order chi connectivity index (χ1) is 16.0.